The largest absolute Gasteiger partial charge is 0.493 e. The van der Waals surface area contributed by atoms with Crippen LogP contribution in [0.25, 0.3) is 0 Å². The Labute approximate surface area is 192 Å². The molecular weight excluding hydrogens is 424 g/mol. The molecule has 2 aliphatic heterocycles. The highest BCUT2D eigenvalue weighted by molar-refractivity contribution is 6.01. The predicted octanol–water partition coefficient (Wildman–Crippen LogP) is 4.82. The quantitative estimate of drug-likeness (QED) is 0.486. The first-order valence-corrected chi connectivity index (χ1v) is 11.4. The molecule has 1 spiro atoms. The predicted molar refractivity (Wildman–Crippen MR) is 120 cm³/mol. The normalized spacial score (nSPS) is 20.9. The summed E-state index contributed by atoms with van der Waals surface area (Å²) < 4.78 is 29.0. The van der Waals surface area contributed by atoms with Gasteiger partial charge in [0.05, 0.1) is 39.7 Å². The molecule has 3 aliphatic rings. The monoisotopic (exact) mass is 452 g/mol. The molecule has 0 saturated heterocycles. The lowest BCUT2D eigenvalue weighted by Gasteiger charge is -2.42. The maximum absolute atomic E-state index is 13.2. The molecule has 174 valence electrons. The van der Waals surface area contributed by atoms with E-state index in [1.807, 2.05) is 6.07 Å². The van der Waals surface area contributed by atoms with E-state index >= 15 is 0 Å². The van der Waals surface area contributed by atoms with Crippen molar-refractivity contribution in [2.24, 2.45) is 0 Å². The molecule has 0 aromatic heterocycles. The number of carbonyl (C=O) groups excluding carboxylic acids is 2. The van der Waals surface area contributed by atoms with Gasteiger partial charge in [0.1, 0.15) is 17.1 Å². The molecule has 33 heavy (non-hydrogen) atoms. The van der Waals surface area contributed by atoms with E-state index in [0.717, 1.165) is 43.2 Å². The first-order valence-electron chi connectivity index (χ1n) is 11.4. The molecule has 1 aliphatic carbocycles. The molecule has 7 heteroatoms. The third-order valence-corrected chi connectivity index (χ3v) is 7.08. The molecule has 0 amide bonds. The summed E-state index contributed by atoms with van der Waals surface area (Å²) >= 11 is 0. The Morgan fingerprint density at radius 2 is 1.67 bits per heavy atom. The topological polar surface area (TPSA) is 80.3 Å². The Bertz CT molecular complexity index is 1110. The van der Waals surface area contributed by atoms with Crippen LogP contribution < -0.4 is 23.7 Å². The van der Waals surface area contributed by atoms with Gasteiger partial charge in [0.15, 0.2) is 17.3 Å². The number of hydrogen-bond acceptors (Lipinski definition) is 7. The highest BCUT2D eigenvalue weighted by Crippen LogP contribution is 2.54. The minimum Gasteiger partial charge on any atom is -0.493 e. The third-order valence-electron chi connectivity index (χ3n) is 7.08. The highest BCUT2D eigenvalue weighted by Gasteiger charge is 2.45. The van der Waals surface area contributed by atoms with E-state index in [4.69, 9.17) is 23.7 Å². The average molecular weight is 453 g/mol. The summed E-state index contributed by atoms with van der Waals surface area (Å²) in [7, 11) is 4.66. The summed E-state index contributed by atoms with van der Waals surface area (Å²) in [5.41, 5.74) is 1.54. The second kappa shape index (κ2) is 8.28. The van der Waals surface area contributed by atoms with Gasteiger partial charge >= 0.3 is 5.97 Å². The summed E-state index contributed by atoms with van der Waals surface area (Å²) in [5, 5.41) is 0. The van der Waals surface area contributed by atoms with Gasteiger partial charge in [-0.15, -0.1) is 0 Å². The van der Waals surface area contributed by atoms with Crippen molar-refractivity contribution in [3.8, 4) is 28.7 Å². The number of benzene rings is 2. The van der Waals surface area contributed by atoms with Gasteiger partial charge in [0.2, 0.25) is 5.75 Å². The molecule has 2 aromatic carbocycles. The number of carbonyl (C=O) groups is 2. The fourth-order valence-electron chi connectivity index (χ4n) is 5.54. The molecule has 1 fully saturated rings. The molecule has 2 aromatic rings. The zero-order chi connectivity index (χ0) is 23.2. The summed E-state index contributed by atoms with van der Waals surface area (Å²) in [6.07, 6.45) is 5.43. The molecule has 2 heterocycles. The van der Waals surface area contributed by atoms with Crippen LogP contribution in [0.4, 0.5) is 0 Å². The summed E-state index contributed by atoms with van der Waals surface area (Å²) in [4.78, 5) is 25.8. The van der Waals surface area contributed by atoms with Crippen molar-refractivity contribution < 1.29 is 33.3 Å². The Morgan fingerprint density at radius 3 is 2.36 bits per heavy atom. The van der Waals surface area contributed by atoms with Crippen molar-refractivity contribution in [3.63, 3.8) is 0 Å². The van der Waals surface area contributed by atoms with Crippen LogP contribution >= 0.6 is 0 Å². The molecule has 1 atom stereocenters. The number of ether oxygens (including phenoxy) is 5. The van der Waals surface area contributed by atoms with Crippen LogP contribution in [-0.2, 0) is 4.79 Å². The smallest absolute Gasteiger partial charge is 0.312 e. The van der Waals surface area contributed by atoms with E-state index in [2.05, 4.69) is 0 Å². The van der Waals surface area contributed by atoms with Crippen LogP contribution in [0.2, 0.25) is 0 Å². The molecule has 7 nitrogen and oxygen atoms in total. The maximum Gasteiger partial charge on any atom is 0.312 e. The Hall–Kier alpha value is -3.22. The lowest BCUT2D eigenvalue weighted by atomic mass is 9.76. The molecule has 0 N–H and O–H groups in total. The van der Waals surface area contributed by atoms with Gasteiger partial charge in [-0.05, 0) is 43.9 Å². The molecule has 0 radical (unpaired) electrons. The Kier molecular flexibility index (Phi) is 5.43. The van der Waals surface area contributed by atoms with Crippen molar-refractivity contribution in [2.75, 3.05) is 21.3 Å². The minimum atomic E-state index is -0.481. The van der Waals surface area contributed by atoms with Crippen molar-refractivity contribution in [1.82, 2.24) is 0 Å². The van der Waals surface area contributed by atoms with Crippen LogP contribution in [0.1, 0.15) is 72.3 Å². The fourth-order valence-corrected chi connectivity index (χ4v) is 5.54. The van der Waals surface area contributed by atoms with E-state index in [9.17, 15) is 9.59 Å². The molecule has 0 bridgehead atoms. The zero-order valence-electron chi connectivity index (χ0n) is 19.2. The van der Waals surface area contributed by atoms with Gasteiger partial charge in [-0.2, -0.15) is 0 Å². The van der Waals surface area contributed by atoms with Gasteiger partial charge in [-0.1, -0.05) is 12.5 Å². The number of Topliss-reactive ketones (excluding diaryl/α,β-unsaturated/α-hetero) is 1. The summed E-state index contributed by atoms with van der Waals surface area (Å²) in [6, 6.07) is 7.08. The number of hydrogen-bond donors (Lipinski definition) is 0. The summed E-state index contributed by atoms with van der Waals surface area (Å²) in [5.74, 6) is 1.73. The first-order chi connectivity index (χ1) is 16.0. The third kappa shape index (κ3) is 3.50. The van der Waals surface area contributed by atoms with E-state index < -0.39 is 11.5 Å². The highest BCUT2D eigenvalue weighted by atomic mass is 16.5. The molecule has 1 unspecified atom stereocenters. The molecule has 1 saturated carbocycles. The minimum absolute atomic E-state index is 0.0795. The SMILES string of the molecule is COc1ccc(C2CC(=O)Oc3ccc4c(c32)OC2(CCCCC2)CC4=O)c(OC)c1OC. The van der Waals surface area contributed by atoms with Gasteiger partial charge in [0, 0.05) is 17.0 Å². The molecule has 5 rings (SSSR count). The van der Waals surface area contributed by atoms with Gasteiger partial charge in [-0.3, -0.25) is 9.59 Å². The number of esters is 1. The van der Waals surface area contributed by atoms with E-state index in [1.165, 1.54) is 0 Å². The maximum atomic E-state index is 13.2. The lowest BCUT2D eigenvalue weighted by molar-refractivity contribution is -0.135. The van der Waals surface area contributed by atoms with E-state index in [-0.39, 0.29) is 18.2 Å². The van der Waals surface area contributed by atoms with Gasteiger partial charge in [-0.25, -0.2) is 0 Å². The van der Waals surface area contributed by atoms with E-state index in [1.54, 1.807) is 39.5 Å². The number of methoxy groups -OCH3 is 3. The number of fused-ring (bicyclic) bond motifs is 3. The van der Waals surface area contributed by atoms with E-state index in [0.29, 0.717) is 40.7 Å². The first kappa shape index (κ1) is 21.6. The van der Waals surface area contributed by atoms with Gasteiger partial charge < -0.3 is 23.7 Å². The van der Waals surface area contributed by atoms with Crippen LogP contribution in [0.5, 0.6) is 28.7 Å². The zero-order valence-corrected chi connectivity index (χ0v) is 19.2. The van der Waals surface area contributed by atoms with Crippen molar-refractivity contribution >= 4 is 11.8 Å². The number of ketones is 1. The van der Waals surface area contributed by atoms with Crippen LogP contribution in [0.3, 0.4) is 0 Å². The lowest BCUT2D eigenvalue weighted by Crippen LogP contribution is -2.44. The second-order valence-corrected chi connectivity index (χ2v) is 8.95. The van der Waals surface area contributed by atoms with Crippen LogP contribution in [-0.4, -0.2) is 38.7 Å². The summed E-state index contributed by atoms with van der Waals surface area (Å²) in [6.45, 7) is 0. The van der Waals surface area contributed by atoms with Crippen LogP contribution in [0.15, 0.2) is 24.3 Å². The van der Waals surface area contributed by atoms with Crippen molar-refractivity contribution in [1.29, 1.82) is 0 Å². The van der Waals surface area contributed by atoms with Crippen LogP contribution in [0, 0.1) is 0 Å². The average Bonchev–Trinajstić information content (AvgIpc) is 2.82. The Balaban J connectivity index is 1.70. The fraction of sp³-hybridized carbons (Fsp3) is 0.462. The number of rotatable bonds is 4. The standard InChI is InChI=1S/C26H28O7/c1-29-20-10-7-15(24(30-2)25(20)31-3)17-13-21(28)32-19-9-8-16-18(27)14-26(11-5-4-6-12-26)33-23(16)22(17)19/h7-10,17H,4-6,11-14H2,1-3H3. The van der Waals surface area contributed by atoms with Crippen molar-refractivity contribution in [2.45, 2.75) is 56.5 Å². The molecular formula is C26H28O7. The van der Waals surface area contributed by atoms with Crippen molar-refractivity contribution in [3.05, 3.63) is 41.0 Å². The Morgan fingerprint density at radius 1 is 0.909 bits per heavy atom. The second-order valence-electron chi connectivity index (χ2n) is 8.95. The van der Waals surface area contributed by atoms with Gasteiger partial charge in [0.25, 0.3) is 0 Å².